The predicted molar refractivity (Wildman–Crippen MR) is 141 cm³/mol. The Bertz CT molecular complexity index is 1010. The maximum absolute atomic E-state index is 13.3. The van der Waals surface area contributed by atoms with E-state index in [0.29, 0.717) is 44.0 Å². The largest absolute Gasteiger partial charge is 0.379 e. The Hall–Kier alpha value is -2.55. The molecule has 0 saturated carbocycles. The van der Waals surface area contributed by atoms with E-state index in [9.17, 15) is 4.79 Å². The van der Waals surface area contributed by atoms with Gasteiger partial charge < -0.3 is 25.0 Å². The Kier molecular flexibility index (Phi) is 8.59. The number of ether oxygens (including phenoxy) is 2. The second-order valence-electron chi connectivity index (χ2n) is 11.0. The monoisotopic (exact) mass is 495 g/mol. The highest BCUT2D eigenvalue weighted by Gasteiger charge is 2.31. The molecule has 36 heavy (non-hydrogen) atoms. The lowest BCUT2D eigenvalue weighted by atomic mass is 9.87. The summed E-state index contributed by atoms with van der Waals surface area (Å²) in [5, 5.41) is 15.5. The van der Waals surface area contributed by atoms with Crippen LogP contribution in [-0.4, -0.2) is 72.6 Å². The maximum atomic E-state index is 13.3. The van der Waals surface area contributed by atoms with Gasteiger partial charge in [0.1, 0.15) is 0 Å². The lowest BCUT2D eigenvalue weighted by molar-refractivity contribution is -0.0533. The molecule has 2 fully saturated rings. The minimum atomic E-state index is -0.0440. The highest BCUT2D eigenvalue weighted by atomic mass is 16.5. The smallest absolute Gasteiger partial charge is 0.274 e. The van der Waals surface area contributed by atoms with Gasteiger partial charge in [-0.2, -0.15) is 5.10 Å². The predicted octanol–water partition coefficient (Wildman–Crippen LogP) is 3.69. The number of anilines is 1. The number of piperidine rings is 1. The van der Waals surface area contributed by atoms with Crippen molar-refractivity contribution in [1.29, 1.82) is 0 Å². The first kappa shape index (κ1) is 26.5. The van der Waals surface area contributed by atoms with Crippen molar-refractivity contribution in [2.75, 3.05) is 38.7 Å². The highest BCUT2D eigenvalue weighted by Crippen LogP contribution is 2.24. The van der Waals surface area contributed by atoms with Crippen LogP contribution in [0.3, 0.4) is 0 Å². The number of rotatable bonds is 7. The molecule has 0 spiro atoms. The van der Waals surface area contributed by atoms with E-state index < -0.39 is 0 Å². The van der Waals surface area contributed by atoms with Gasteiger partial charge in [0, 0.05) is 51.0 Å². The third-order valence-electron chi connectivity index (χ3n) is 7.45. The standard InChI is InChI=1S/C28H41N5O3/c1-19-24(29-16-20-6-8-21(9-7-20)28(2,3)4)17-30-32-26(19)27(34)33-13-10-22(11-14-33)31-23-12-15-36-18-25(23)35-5/h6-9,17,22-23,25,31H,10-16,18H2,1-5H3,(H,29,32). The van der Waals surface area contributed by atoms with Crippen LogP contribution in [0.15, 0.2) is 30.5 Å². The van der Waals surface area contributed by atoms with Crippen LogP contribution in [-0.2, 0) is 21.4 Å². The molecule has 1 aromatic carbocycles. The molecule has 8 heteroatoms. The van der Waals surface area contributed by atoms with Gasteiger partial charge in [0.05, 0.1) is 24.6 Å². The molecule has 2 aromatic rings. The van der Waals surface area contributed by atoms with Gasteiger partial charge >= 0.3 is 0 Å². The quantitative estimate of drug-likeness (QED) is 0.606. The van der Waals surface area contributed by atoms with Crippen molar-refractivity contribution in [3.05, 3.63) is 52.8 Å². The van der Waals surface area contributed by atoms with Crippen LogP contribution < -0.4 is 10.6 Å². The van der Waals surface area contributed by atoms with Crippen molar-refractivity contribution in [2.45, 2.75) is 77.1 Å². The topological polar surface area (TPSA) is 88.6 Å². The van der Waals surface area contributed by atoms with Gasteiger partial charge in [-0.15, -0.1) is 5.10 Å². The lowest BCUT2D eigenvalue weighted by Gasteiger charge is -2.38. The number of aromatic nitrogens is 2. The number of hydrogen-bond donors (Lipinski definition) is 2. The average molecular weight is 496 g/mol. The molecule has 8 nitrogen and oxygen atoms in total. The summed E-state index contributed by atoms with van der Waals surface area (Å²) in [5.74, 6) is -0.0440. The van der Waals surface area contributed by atoms with E-state index in [4.69, 9.17) is 9.47 Å². The first-order valence-electron chi connectivity index (χ1n) is 13.1. The zero-order chi connectivity index (χ0) is 25.7. The van der Waals surface area contributed by atoms with Crippen LogP contribution in [0.25, 0.3) is 0 Å². The molecule has 2 aliphatic rings. The molecule has 196 valence electrons. The molecule has 0 bridgehead atoms. The Morgan fingerprint density at radius 2 is 1.89 bits per heavy atom. The molecule has 2 atom stereocenters. The molecule has 0 aliphatic carbocycles. The molecular formula is C28H41N5O3. The van der Waals surface area contributed by atoms with Gasteiger partial charge in [0.25, 0.3) is 5.91 Å². The number of amides is 1. The van der Waals surface area contributed by atoms with Crippen molar-refractivity contribution in [1.82, 2.24) is 20.4 Å². The first-order chi connectivity index (χ1) is 17.3. The van der Waals surface area contributed by atoms with E-state index in [1.54, 1.807) is 13.3 Å². The van der Waals surface area contributed by atoms with Crippen LogP contribution in [0.2, 0.25) is 0 Å². The summed E-state index contributed by atoms with van der Waals surface area (Å²) in [5.41, 5.74) is 4.74. The van der Waals surface area contributed by atoms with Gasteiger partial charge in [0.2, 0.25) is 0 Å². The third kappa shape index (κ3) is 6.41. The zero-order valence-electron chi connectivity index (χ0n) is 22.3. The van der Waals surface area contributed by atoms with E-state index in [2.05, 4.69) is 65.9 Å². The Balaban J connectivity index is 1.32. The summed E-state index contributed by atoms with van der Waals surface area (Å²) in [6, 6.07) is 9.34. The lowest BCUT2D eigenvalue weighted by Crippen LogP contribution is -2.54. The van der Waals surface area contributed by atoms with E-state index >= 15 is 0 Å². The summed E-state index contributed by atoms with van der Waals surface area (Å²) >= 11 is 0. The fourth-order valence-electron chi connectivity index (χ4n) is 4.98. The third-order valence-corrected chi connectivity index (χ3v) is 7.45. The molecule has 4 rings (SSSR count). The van der Waals surface area contributed by atoms with Crippen molar-refractivity contribution in [3.63, 3.8) is 0 Å². The summed E-state index contributed by atoms with van der Waals surface area (Å²) < 4.78 is 11.1. The van der Waals surface area contributed by atoms with Crippen LogP contribution in [0.1, 0.15) is 67.2 Å². The van der Waals surface area contributed by atoms with Crippen LogP contribution in [0.4, 0.5) is 5.69 Å². The van der Waals surface area contributed by atoms with E-state index in [1.807, 2.05) is 11.8 Å². The summed E-state index contributed by atoms with van der Waals surface area (Å²) in [7, 11) is 1.74. The van der Waals surface area contributed by atoms with Crippen LogP contribution in [0.5, 0.6) is 0 Å². The minimum absolute atomic E-state index is 0.0440. The van der Waals surface area contributed by atoms with E-state index in [-0.39, 0.29) is 17.4 Å². The summed E-state index contributed by atoms with van der Waals surface area (Å²) in [4.78, 5) is 15.2. The van der Waals surface area contributed by atoms with Crippen molar-refractivity contribution < 1.29 is 14.3 Å². The number of carbonyl (C=O) groups is 1. The number of nitrogens with zero attached hydrogens (tertiary/aromatic N) is 3. The van der Waals surface area contributed by atoms with Crippen LogP contribution >= 0.6 is 0 Å². The number of nitrogens with one attached hydrogen (secondary N) is 2. The van der Waals surface area contributed by atoms with Gasteiger partial charge in [-0.3, -0.25) is 4.79 Å². The molecule has 1 aromatic heterocycles. The molecule has 0 radical (unpaired) electrons. The molecule has 3 heterocycles. The highest BCUT2D eigenvalue weighted by molar-refractivity contribution is 5.94. The van der Waals surface area contributed by atoms with Gasteiger partial charge in [-0.25, -0.2) is 0 Å². The Labute approximate surface area is 215 Å². The van der Waals surface area contributed by atoms with Crippen molar-refractivity contribution >= 4 is 11.6 Å². The van der Waals surface area contributed by atoms with Crippen molar-refractivity contribution in [3.8, 4) is 0 Å². The SMILES string of the molecule is COC1COCCC1NC1CCN(C(=O)c2nncc(NCc3ccc(C(C)(C)C)cc3)c2C)CC1. The fourth-order valence-corrected chi connectivity index (χ4v) is 4.98. The molecule has 2 N–H and O–H groups in total. The Morgan fingerprint density at radius 1 is 1.17 bits per heavy atom. The number of likely N-dealkylation sites (tertiary alicyclic amines) is 1. The molecule has 2 saturated heterocycles. The normalized spacial score (nSPS) is 21.4. The van der Waals surface area contributed by atoms with Crippen LogP contribution in [0, 0.1) is 6.92 Å². The molecular weight excluding hydrogens is 454 g/mol. The van der Waals surface area contributed by atoms with Gasteiger partial charge in [-0.1, -0.05) is 45.0 Å². The second kappa shape index (κ2) is 11.7. The number of hydrogen-bond acceptors (Lipinski definition) is 7. The Morgan fingerprint density at radius 3 is 2.56 bits per heavy atom. The number of carbonyl (C=O) groups excluding carboxylic acids is 1. The maximum Gasteiger partial charge on any atom is 0.274 e. The van der Waals surface area contributed by atoms with Gasteiger partial charge in [0.15, 0.2) is 5.69 Å². The zero-order valence-corrected chi connectivity index (χ0v) is 22.3. The number of methoxy groups -OCH3 is 1. The average Bonchev–Trinajstić information content (AvgIpc) is 2.88. The minimum Gasteiger partial charge on any atom is -0.379 e. The van der Waals surface area contributed by atoms with E-state index in [1.165, 1.54) is 11.1 Å². The fraction of sp³-hybridized carbons (Fsp3) is 0.607. The second-order valence-corrected chi connectivity index (χ2v) is 11.0. The van der Waals surface area contributed by atoms with Gasteiger partial charge in [-0.05, 0) is 42.7 Å². The van der Waals surface area contributed by atoms with E-state index in [0.717, 1.165) is 37.1 Å². The summed E-state index contributed by atoms with van der Waals surface area (Å²) in [6.07, 6.45) is 4.56. The summed E-state index contributed by atoms with van der Waals surface area (Å²) in [6.45, 7) is 12.1. The molecule has 2 aliphatic heterocycles. The molecule has 1 amide bonds. The molecule has 2 unspecified atom stereocenters. The number of benzene rings is 1. The first-order valence-corrected chi connectivity index (χ1v) is 13.1. The van der Waals surface area contributed by atoms with Crippen molar-refractivity contribution in [2.24, 2.45) is 0 Å².